The molecule has 150 valence electrons. The third kappa shape index (κ3) is 7.43. The van der Waals surface area contributed by atoms with E-state index in [2.05, 4.69) is 15.6 Å². The molecule has 0 bridgehead atoms. The summed E-state index contributed by atoms with van der Waals surface area (Å²) in [4.78, 5) is 16.4. The second-order valence-electron chi connectivity index (χ2n) is 6.49. The van der Waals surface area contributed by atoms with Crippen LogP contribution in [0, 0.1) is 6.92 Å². The van der Waals surface area contributed by atoms with Crippen molar-refractivity contribution in [2.75, 3.05) is 18.4 Å². The molecule has 2 aromatic carbocycles. The smallest absolute Gasteiger partial charge is 0.244 e. The lowest BCUT2D eigenvalue weighted by molar-refractivity contribution is -0.116. The molecule has 0 atom stereocenters. The van der Waals surface area contributed by atoms with Gasteiger partial charge >= 0.3 is 0 Å². The van der Waals surface area contributed by atoms with E-state index >= 15 is 0 Å². The first-order valence-corrected chi connectivity index (χ1v) is 10.5. The number of ether oxygens (including phenoxy) is 1. The highest BCUT2D eigenvalue weighted by molar-refractivity contribution is 7.09. The van der Waals surface area contributed by atoms with Crippen molar-refractivity contribution in [2.24, 2.45) is 0 Å². The van der Waals surface area contributed by atoms with Crippen molar-refractivity contribution in [1.82, 2.24) is 10.3 Å². The van der Waals surface area contributed by atoms with E-state index < -0.39 is 0 Å². The summed E-state index contributed by atoms with van der Waals surface area (Å²) in [6.45, 7) is 3.85. The molecule has 3 rings (SSSR count). The van der Waals surface area contributed by atoms with Gasteiger partial charge in [0.15, 0.2) is 0 Å². The maximum atomic E-state index is 12.0. The van der Waals surface area contributed by atoms with Crippen LogP contribution in [0.25, 0.3) is 6.08 Å². The normalized spacial score (nSPS) is 10.8. The summed E-state index contributed by atoms with van der Waals surface area (Å²) in [5, 5.41) is 9.25. The summed E-state index contributed by atoms with van der Waals surface area (Å²) in [7, 11) is 0. The molecule has 1 heterocycles. The minimum atomic E-state index is -0.103. The summed E-state index contributed by atoms with van der Waals surface area (Å²) in [6, 6.07) is 17.7. The molecule has 6 heteroatoms. The van der Waals surface area contributed by atoms with Gasteiger partial charge in [0, 0.05) is 30.2 Å². The van der Waals surface area contributed by atoms with Gasteiger partial charge in [-0.2, -0.15) is 0 Å². The van der Waals surface area contributed by atoms with Crippen molar-refractivity contribution >= 4 is 29.0 Å². The van der Waals surface area contributed by atoms with Gasteiger partial charge in [-0.1, -0.05) is 30.3 Å². The Morgan fingerprint density at radius 2 is 2.00 bits per heavy atom. The monoisotopic (exact) mass is 407 g/mol. The van der Waals surface area contributed by atoms with Crippen LogP contribution in [0.4, 0.5) is 5.69 Å². The van der Waals surface area contributed by atoms with Crippen molar-refractivity contribution in [3.05, 3.63) is 82.3 Å². The number of rotatable bonds is 10. The number of hydrogen-bond acceptors (Lipinski definition) is 5. The molecule has 0 aliphatic heterocycles. The molecular weight excluding hydrogens is 382 g/mol. The van der Waals surface area contributed by atoms with Crippen LogP contribution in [0.1, 0.15) is 22.7 Å². The van der Waals surface area contributed by atoms with E-state index in [0.29, 0.717) is 13.2 Å². The van der Waals surface area contributed by atoms with Crippen molar-refractivity contribution in [3.8, 4) is 5.75 Å². The molecule has 0 spiro atoms. The van der Waals surface area contributed by atoms with Gasteiger partial charge in [0.05, 0.1) is 10.7 Å². The van der Waals surface area contributed by atoms with Gasteiger partial charge in [-0.3, -0.25) is 4.79 Å². The number of thiazole rings is 1. The van der Waals surface area contributed by atoms with E-state index in [9.17, 15) is 4.79 Å². The van der Waals surface area contributed by atoms with Crippen LogP contribution in [0.2, 0.25) is 0 Å². The van der Waals surface area contributed by atoms with Gasteiger partial charge in [0.25, 0.3) is 0 Å². The zero-order valence-electron chi connectivity index (χ0n) is 16.4. The number of aromatic nitrogens is 1. The van der Waals surface area contributed by atoms with Crippen molar-refractivity contribution < 1.29 is 9.53 Å². The second-order valence-corrected chi connectivity index (χ2v) is 7.55. The van der Waals surface area contributed by atoms with Gasteiger partial charge in [-0.15, -0.1) is 11.3 Å². The lowest BCUT2D eigenvalue weighted by Gasteiger charge is -2.06. The Morgan fingerprint density at radius 3 is 2.79 bits per heavy atom. The number of para-hydroxylation sites is 1. The predicted octanol–water partition coefficient (Wildman–Crippen LogP) is 4.66. The summed E-state index contributed by atoms with van der Waals surface area (Å²) >= 11 is 1.61. The number of nitrogens with zero attached hydrogens (tertiary/aromatic N) is 1. The number of benzene rings is 2. The highest BCUT2D eigenvalue weighted by Gasteiger charge is 2.01. The molecule has 29 heavy (non-hydrogen) atoms. The summed E-state index contributed by atoms with van der Waals surface area (Å²) in [5.74, 6) is 0.652. The van der Waals surface area contributed by atoms with E-state index in [1.54, 1.807) is 23.5 Å². The third-order valence-corrected chi connectivity index (χ3v) is 4.92. The van der Waals surface area contributed by atoms with Gasteiger partial charge in [-0.05, 0) is 49.2 Å². The Bertz CT molecular complexity index is 938. The number of carbonyl (C=O) groups excluding carboxylic acids is 1. The first-order valence-electron chi connectivity index (χ1n) is 9.58. The highest BCUT2D eigenvalue weighted by atomic mass is 32.1. The zero-order valence-corrected chi connectivity index (χ0v) is 17.2. The number of amides is 1. The predicted molar refractivity (Wildman–Crippen MR) is 119 cm³/mol. The Morgan fingerprint density at radius 1 is 1.14 bits per heavy atom. The first-order chi connectivity index (χ1) is 14.2. The number of carbonyl (C=O) groups is 1. The number of aryl methyl sites for hydroxylation is 1. The van der Waals surface area contributed by atoms with Gasteiger partial charge < -0.3 is 15.4 Å². The largest absolute Gasteiger partial charge is 0.487 e. The van der Waals surface area contributed by atoms with Crippen LogP contribution < -0.4 is 15.4 Å². The number of hydrogen-bond donors (Lipinski definition) is 2. The Balaban J connectivity index is 1.37. The molecule has 0 radical (unpaired) electrons. The molecule has 0 unspecified atom stereocenters. The third-order valence-electron chi connectivity index (χ3n) is 4.09. The van der Waals surface area contributed by atoms with Gasteiger partial charge in [-0.25, -0.2) is 4.98 Å². The van der Waals surface area contributed by atoms with Crippen LogP contribution in [0.5, 0.6) is 5.75 Å². The Kier molecular flexibility index (Phi) is 7.83. The molecule has 0 aliphatic carbocycles. The molecule has 2 N–H and O–H groups in total. The van der Waals surface area contributed by atoms with Crippen LogP contribution in [0.3, 0.4) is 0 Å². The molecule has 3 aromatic rings. The molecule has 1 amide bonds. The van der Waals surface area contributed by atoms with Crippen molar-refractivity contribution in [2.45, 2.75) is 20.0 Å². The molecule has 0 fully saturated rings. The molecule has 5 nitrogen and oxygen atoms in total. The van der Waals surface area contributed by atoms with Gasteiger partial charge in [0.2, 0.25) is 5.91 Å². The lowest BCUT2D eigenvalue weighted by Crippen LogP contribution is -2.23. The summed E-state index contributed by atoms with van der Waals surface area (Å²) in [5.41, 5.74) is 2.93. The Hall–Kier alpha value is -3.12. The van der Waals surface area contributed by atoms with Crippen LogP contribution in [0.15, 0.2) is 66.1 Å². The molecule has 0 saturated carbocycles. The fourth-order valence-electron chi connectivity index (χ4n) is 2.66. The van der Waals surface area contributed by atoms with E-state index in [1.807, 2.05) is 66.9 Å². The van der Waals surface area contributed by atoms with Crippen molar-refractivity contribution in [1.29, 1.82) is 0 Å². The Labute approximate surface area is 175 Å². The summed E-state index contributed by atoms with van der Waals surface area (Å²) < 4.78 is 5.78. The van der Waals surface area contributed by atoms with Crippen LogP contribution in [-0.2, 0) is 11.4 Å². The standard InChI is InChI=1S/C23H25N3O2S/c1-18-26-21(17-29-18)16-28-22-10-5-7-19(15-22)11-12-23(27)25-14-6-13-24-20-8-3-2-4-9-20/h2-5,7-12,15,17,24H,6,13-14,16H2,1H3,(H,25,27)/b12-11+. The van der Waals surface area contributed by atoms with Gasteiger partial charge in [0.1, 0.15) is 12.4 Å². The fourth-order valence-corrected chi connectivity index (χ4v) is 3.26. The van der Waals surface area contributed by atoms with E-state index in [1.165, 1.54) is 0 Å². The minimum absolute atomic E-state index is 0.103. The molecule has 0 aliphatic rings. The zero-order chi connectivity index (χ0) is 20.3. The van der Waals surface area contributed by atoms with Crippen LogP contribution in [-0.4, -0.2) is 24.0 Å². The van der Waals surface area contributed by atoms with E-state index in [-0.39, 0.29) is 5.91 Å². The van der Waals surface area contributed by atoms with Crippen LogP contribution >= 0.6 is 11.3 Å². The minimum Gasteiger partial charge on any atom is -0.487 e. The lowest BCUT2D eigenvalue weighted by atomic mass is 10.2. The highest BCUT2D eigenvalue weighted by Crippen LogP contribution is 2.17. The molecular formula is C23H25N3O2S. The number of anilines is 1. The molecule has 0 saturated heterocycles. The maximum Gasteiger partial charge on any atom is 0.244 e. The van der Waals surface area contributed by atoms with Crippen molar-refractivity contribution in [3.63, 3.8) is 0 Å². The van der Waals surface area contributed by atoms with E-state index in [0.717, 1.165) is 40.7 Å². The topological polar surface area (TPSA) is 63.2 Å². The summed E-state index contributed by atoms with van der Waals surface area (Å²) in [6.07, 6.45) is 4.19. The number of nitrogens with one attached hydrogen (secondary N) is 2. The average molecular weight is 408 g/mol. The maximum absolute atomic E-state index is 12.0. The quantitative estimate of drug-likeness (QED) is 0.379. The SMILES string of the molecule is Cc1nc(COc2cccc(/C=C/C(=O)NCCCNc3ccccc3)c2)cs1. The van der Waals surface area contributed by atoms with E-state index in [4.69, 9.17) is 4.74 Å². The first kappa shape index (κ1) is 20.6. The fraction of sp³-hybridized carbons (Fsp3) is 0.217. The molecule has 1 aromatic heterocycles. The average Bonchev–Trinajstić information content (AvgIpc) is 3.17. The second kappa shape index (κ2) is 11.0.